The molecule has 0 aliphatic rings. The summed E-state index contributed by atoms with van der Waals surface area (Å²) in [7, 11) is 1.90. The summed E-state index contributed by atoms with van der Waals surface area (Å²) in [5.74, 6) is 0. The summed E-state index contributed by atoms with van der Waals surface area (Å²) < 4.78 is 0. The number of hydrogen-bond donors (Lipinski definition) is 1. The second kappa shape index (κ2) is 3.02. The number of nitrogens with two attached hydrogens (primary N) is 1. The van der Waals surface area contributed by atoms with E-state index in [0.29, 0.717) is 6.44 Å². The van der Waals surface area contributed by atoms with Gasteiger partial charge in [0.25, 0.3) is 0 Å². The van der Waals surface area contributed by atoms with E-state index in [1.807, 2.05) is 14.1 Å². The molecule has 0 spiro atoms. The first-order valence-corrected chi connectivity index (χ1v) is 1.39. The van der Waals surface area contributed by atoms with Gasteiger partial charge in [0.05, 0.1) is 0 Å². The fourth-order valence-electron chi connectivity index (χ4n) is 0. The molecule has 0 aliphatic heterocycles. The van der Waals surface area contributed by atoms with Gasteiger partial charge in [0.2, 0.25) is 0 Å². The molecule has 0 saturated heterocycles. The van der Waals surface area contributed by atoms with Crippen molar-refractivity contribution >= 4 is 7.28 Å². The van der Waals surface area contributed by atoms with Gasteiger partial charge in [0.1, 0.15) is 7.28 Å². The lowest BCUT2D eigenvalue weighted by Gasteiger charge is -1.66. The van der Waals surface area contributed by atoms with Crippen LogP contribution in [0.3, 0.4) is 0 Å². The van der Waals surface area contributed by atoms with Crippen LogP contribution >= 0.6 is 0 Å². The SMILES string of the molecule is C[B]CN. The lowest BCUT2D eigenvalue weighted by atomic mass is 9.84. The predicted molar refractivity (Wildman–Crippen MR) is 20.7 cm³/mol. The minimum Gasteiger partial charge on any atom is -0.338 e. The van der Waals surface area contributed by atoms with Gasteiger partial charge < -0.3 is 5.73 Å². The molecule has 0 aliphatic carbocycles. The molecule has 0 unspecified atom stereocenters. The fourth-order valence-corrected chi connectivity index (χ4v) is 0. The Bertz CT molecular complexity index is 8.00. The lowest BCUT2D eigenvalue weighted by Crippen LogP contribution is -2.03. The van der Waals surface area contributed by atoms with Crippen molar-refractivity contribution in [3.8, 4) is 0 Å². The van der Waals surface area contributed by atoms with Crippen LogP contribution in [0.4, 0.5) is 0 Å². The average molecular weight is 55.9 g/mol. The zero-order valence-corrected chi connectivity index (χ0v) is 2.86. The summed E-state index contributed by atoms with van der Waals surface area (Å²) in [6, 6.07) is 0. The van der Waals surface area contributed by atoms with Gasteiger partial charge in [-0.25, -0.2) is 0 Å². The highest BCUT2D eigenvalue weighted by Crippen LogP contribution is 1.36. The van der Waals surface area contributed by atoms with Gasteiger partial charge in [-0.15, -0.1) is 0 Å². The molecule has 23 valence electrons. The van der Waals surface area contributed by atoms with E-state index < -0.39 is 0 Å². The standard InChI is InChI=1S/C2H7BN/c1-3-2-4/h2,4H2,1H3. The van der Waals surface area contributed by atoms with Crippen molar-refractivity contribution in [2.45, 2.75) is 6.82 Å². The van der Waals surface area contributed by atoms with E-state index in [-0.39, 0.29) is 0 Å². The molecule has 0 saturated carbocycles. The van der Waals surface area contributed by atoms with Crippen LogP contribution in [0.5, 0.6) is 0 Å². The molecule has 1 radical (unpaired) electrons. The topological polar surface area (TPSA) is 26.0 Å². The smallest absolute Gasteiger partial charge is 0.124 e. The first-order valence-electron chi connectivity index (χ1n) is 1.39. The van der Waals surface area contributed by atoms with E-state index in [9.17, 15) is 0 Å². The zero-order chi connectivity index (χ0) is 3.41. The van der Waals surface area contributed by atoms with Gasteiger partial charge in [-0.1, -0.05) is 6.82 Å². The molecule has 0 atom stereocenters. The number of rotatable bonds is 1. The zero-order valence-electron chi connectivity index (χ0n) is 2.86. The molecule has 0 aromatic carbocycles. The van der Waals surface area contributed by atoms with Crippen molar-refractivity contribution in [3.05, 3.63) is 0 Å². The highest BCUT2D eigenvalue weighted by atomic mass is 14.5. The minimum absolute atomic E-state index is 0.694. The Morgan fingerprint density at radius 2 is 2.25 bits per heavy atom. The van der Waals surface area contributed by atoms with Crippen molar-refractivity contribution in [1.29, 1.82) is 0 Å². The van der Waals surface area contributed by atoms with Crippen LogP contribution in [-0.4, -0.2) is 13.7 Å². The van der Waals surface area contributed by atoms with Gasteiger partial charge in [-0.05, 0) is 6.44 Å². The quantitative estimate of drug-likeness (QED) is 0.408. The molecule has 0 rings (SSSR count). The molecule has 0 amide bonds. The summed E-state index contributed by atoms with van der Waals surface area (Å²) in [5, 5.41) is 0. The van der Waals surface area contributed by atoms with E-state index >= 15 is 0 Å². The Balaban J connectivity index is 1.97. The highest BCUT2D eigenvalue weighted by molar-refractivity contribution is 6.33. The maximum Gasteiger partial charge on any atom is 0.124 e. The van der Waals surface area contributed by atoms with Crippen LogP contribution in [0.2, 0.25) is 6.82 Å². The Morgan fingerprint density at radius 1 is 2.00 bits per heavy atom. The second-order valence-corrected chi connectivity index (χ2v) is 0.644. The van der Waals surface area contributed by atoms with E-state index in [0.717, 1.165) is 0 Å². The molecule has 2 N–H and O–H groups in total. The third-order valence-corrected chi connectivity index (χ3v) is 0.236. The summed E-state index contributed by atoms with van der Waals surface area (Å²) in [5.41, 5.74) is 4.97. The van der Waals surface area contributed by atoms with E-state index in [4.69, 9.17) is 5.73 Å². The first kappa shape index (κ1) is 4.02. The molecular weight excluding hydrogens is 48.8 g/mol. The van der Waals surface area contributed by atoms with Crippen molar-refractivity contribution < 1.29 is 0 Å². The molecule has 2 heteroatoms. The Morgan fingerprint density at radius 3 is 2.25 bits per heavy atom. The van der Waals surface area contributed by atoms with Gasteiger partial charge in [-0.3, -0.25) is 0 Å². The maximum atomic E-state index is 4.97. The monoisotopic (exact) mass is 56.1 g/mol. The number of hydrogen-bond acceptors (Lipinski definition) is 1. The molecule has 4 heavy (non-hydrogen) atoms. The Hall–Kier alpha value is 0.0249. The second-order valence-electron chi connectivity index (χ2n) is 0.644. The Labute approximate surface area is 27.4 Å². The molecule has 0 fully saturated rings. The van der Waals surface area contributed by atoms with Gasteiger partial charge in [0.15, 0.2) is 0 Å². The molecule has 1 nitrogen and oxygen atoms in total. The van der Waals surface area contributed by atoms with E-state index in [1.54, 1.807) is 0 Å². The summed E-state index contributed by atoms with van der Waals surface area (Å²) in [6.07, 6.45) is 0.694. The third-order valence-electron chi connectivity index (χ3n) is 0.236. The Kier molecular flexibility index (Phi) is 3.04. The molecule has 0 heterocycles. The van der Waals surface area contributed by atoms with E-state index in [1.165, 1.54) is 0 Å². The maximum absolute atomic E-state index is 4.97. The van der Waals surface area contributed by atoms with Gasteiger partial charge in [-0.2, -0.15) is 0 Å². The van der Waals surface area contributed by atoms with Crippen molar-refractivity contribution in [3.63, 3.8) is 0 Å². The average Bonchev–Trinajstić information content (AvgIpc) is 1.37. The van der Waals surface area contributed by atoms with E-state index in [2.05, 4.69) is 0 Å². The lowest BCUT2D eigenvalue weighted by molar-refractivity contribution is 1.36. The van der Waals surface area contributed by atoms with Crippen LogP contribution in [0, 0.1) is 0 Å². The molecular formula is C2H7BN. The van der Waals surface area contributed by atoms with Crippen molar-refractivity contribution in [1.82, 2.24) is 0 Å². The first-order chi connectivity index (χ1) is 1.91. The summed E-state index contributed by atoms with van der Waals surface area (Å²) in [6.45, 7) is 1.93. The predicted octanol–water partition coefficient (Wildman–Crippen LogP) is -0.345. The van der Waals surface area contributed by atoms with Crippen LogP contribution in [0.15, 0.2) is 0 Å². The largest absolute Gasteiger partial charge is 0.338 e. The normalized spacial score (nSPS) is 6.50. The fraction of sp³-hybridized carbons (Fsp3) is 1.00. The highest BCUT2D eigenvalue weighted by Gasteiger charge is 1.60. The van der Waals surface area contributed by atoms with Gasteiger partial charge >= 0.3 is 0 Å². The van der Waals surface area contributed by atoms with Crippen molar-refractivity contribution in [2.75, 3.05) is 6.44 Å². The van der Waals surface area contributed by atoms with Crippen LogP contribution < -0.4 is 5.73 Å². The summed E-state index contributed by atoms with van der Waals surface area (Å²) >= 11 is 0. The molecule has 0 aromatic rings. The molecule has 0 bridgehead atoms. The third kappa shape index (κ3) is 2.02. The van der Waals surface area contributed by atoms with Crippen LogP contribution in [0.1, 0.15) is 0 Å². The minimum atomic E-state index is 0.694. The van der Waals surface area contributed by atoms with Gasteiger partial charge in [0, 0.05) is 0 Å². The summed E-state index contributed by atoms with van der Waals surface area (Å²) in [4.78, 5) is 0. The van der Waals surface area contributed by atoms with Crippen molar-refractivity contribution in [2.24, 2.45) is 5.73 Å². The molecule has 0 aromatic heterocycles. The van der Waals surface area contributed by atoms with Crippen LogP contribution in [0.25, 0.3) is 0 Å². The van der Waals surface area contributed by atoms with Crippen LogP contribution in [-0.2, 0) is 0 Å².